The molecule has 0 radical (unpaired) electrons. The summed E-state index contributed by atoms with van der Waals surface area (Å²) in [6, 6.07) is 1.86. The maximum absolute atomic E-state index is 13.1. The Morgan fingerprint density at radius 2 is 2.00 bits per heavy atom. The Hall–Kier alpha value is -1.57. The maximum atomic E-state index is 13.1. The molecule has 1 aliphatic rings. The van der Waals surface area contributed by atoms with E-state index in [1.807, 2.05) is 30.2 Å². The molecule has 1 saturated heterocycles. The minimum absolute atomic E-state index is 0. The van der Waals surface area contributed by atoms with Crippen LogP contribution < -0.4 is 10.2 Å². The maximum Gasteiger partial charge on any atom is 0.254 e. The Bertz CT molecular complexity index is 621. The summed E-state index contributed by atoms with van der Waals surface area (Å²) in [5.41, 5.74) is 0.187. The van der Waals surface area contributed by atoms with E-state index < -0.39 is 5.54 Å². The lowest BCUT2D eigenvalue weighted by atomic mass is 9.87. The number of hydrogen-bond acceptors (Lipinski definition) is 4. The average Bonchev–Trinajstić information content (AvgIpc) is 3.18. The number of aryl methyl sites for hydroxylation is 1. The summed E-state index contributed by atoms with van der Waals surface area (Å²) in [7, 11) is 3.64. The van der Waals surface area contributed by atoms with E-state index in [2.05, 4.69) is 15.5 Å². The second-order valence-corrected chi connectivity index (χ2v) is 5.47. The molecular weight excluding hydrogens is 339 g/mol. The molecule has 0 aliphatic carbocycles. The summed E-state index contributed by atoms with van der Waals surface area (Å²) in [6.45, 7) is 1.62. The first kappa shape index (κ1) is 19.5. The van der Waals surface area contributed by atoms with Gasteiger partial charge >= 0.3 is 0 Å². The molecule has 2 aromatic rings. The monoisotopic (exact) mass is 360 g/mol. The van der Waals surface area contributed by atoms with Gasteiger partial charge in [0.05, 0.1) is 11.9 Å². The Balaban J connectivity index is 0.00000132. The summed E-state index contributed by atoms with van der Waals surface area (Å²) in [4.78, 5) is 14.8. The minimum Gasteiger partial charge on any atom is -0.317 e. The van der Waals surface area contributed by atoms with Gasteiger partial charge in [0.15, 0.2) is 0 Å². The van der Waals surface area contributed by atoms with E-state index in [1.165, 1.54) is 0 Å². The van der Waals surface area contributed by atoms with Crippen LogP contribution in [-0.2, 0) is 17.4 Å². The van der Waals surface area contributed by atoms with Gasteiger partial charge in [0.2, 0.25) is 0 Å². The molecule has 128 valence electrons. The number of nitrogens with zero attached hydrogens (tertiary/aromatic N) is 5. The number of carbonyl (C=O) groups is 1. The van der Waals surface area contributed by atoms with Crippen LogP contribution in [0.5, 0.6) is 0 Å². The molecule has 1 N–H and O–H groups in total. The lowest BCUT2D eigenvalue weighted by Crippen LogP contribution is -2.55. The number of aromatic nitrogens is 4. The molecule has 2 aromatic heterocycles. The zero-order valence-corrected chi connectivity index (χ0v) is 14.8. The van der Waals surface area contributed by atoms with E-state index in [1.54, 1.807) is 29.0 Å². The molecular formula is C14H22Cl2N6O. The molecule has 0 saturated carbocycles. The Morgan fingerprint density at radius 1 is 1.30 bits per heavy atom. The third kappa shape index (κ3) is 3.52. The number of hydrogen-bond donors (Lipinski definition) is 1. The highest BCUT2D eigenvalue weighted by Gasteiger charge is 2.44. The van der Waals surface area contributed by atoms with Crippen LogP contribution in [0.3, 0.4) is 0 Å². The van der Waals surface area contributed by atoms with Crippen molar-refractivity contribution >= 4 is 36.4 Å². The van der Waals surface area contributed by atoms with Gasteiger partial charge in [-0.3, -0.25) is 14.2 Å². The van der Waals surface area contributed by atoms with Crippen molar-refractivity contribution in [2.75, 3.05) is 25.0 Å². The number of piperidine rings is 1. The molecule has 1 amide bonds. The van der Waals surface area contributed by atoms with Crippen LogP contribution in [0.15, 0.2) is 30.9 Å². The van der Waals surface area contributed by atoms with Gasteiger partial charge in [-0.25, -0.2) is 0 Å². The first-order chi connectivity index (χ1) is 10.1. The summed E-state index contributed by atoms with van der Waals surface area (Å²) in [6.07, 6.45) is 8.61. The van der Waals surface area contributed by atoms with Crippen molar-refractivity contribution in [3.05, 3.63) is 30.9 Å². The number of carbonyl (C=O) groups excluding carboxylic acids is 1. The SMILES string of the molecule is CN(C(=O)C1(n2cccn2)CCNCC1)c1cnn(C)c1.Cl.Cl. The predicted molar refractivity (Wildman–Crippen MR) is 93.4 cm³/mol. The van der Waals surface area contributed by atoms with Crippen molar-refractivity contribution in [1.82, 2.24) is 24.9 Å². The van der Waals surface area contributed by atoms with E-state index in [0.29, 0.717) is 0 Å². The first-order valence-corrected chi connectivity index (χ1v) is 7.11. The quantitative estimate of drug-likeness (QED) is 0.892. The molecule has 1 fully saturated rings. The summed E-state index contributed by atoms with van der Waals surface area (Å²) < 4.78 is 3.51. The van der Waals surface area contributed by atoms with E-state index in [4.69, 9.17) is 0 Å². The molecule has 9 heteroatoms. The van der Waals surface area contributed by atoms with Crippen molar-refractivity contribution in [2.24, 2.45) is 7.05 Å². The first-order valence-electron chi connectivity index (χ1n) is 7.11. The topological polar surface area (TPSA) is 68.0 Å². The lowest BCUT2D eigenvalue weighted by molar-refractivity contribution is -0.128. The fourth-order valence-corrected chi connectivity index (χ4v) is 2.91. The van der Waals surface area contributed by atoms with Gasteiger partial charge in [0.25, 0.3) is 5.91 Å². The summed E-state index contributed by atoms with van der Waals surface area (Å²) >= 11 is 0. The fraction of sp³-hybridized carbons (Fsp3) is 0.500. The van der Waals surface area contributed by atoms with Gasteiger partial charge < -0.3 is 10.2 Å². The number of likely N-dealkylation sites (N-methyl/N-ethyl adjacent to an activating group) is 1. The van der Waals surface area contributed by atoms with Crippen LogP contribution >= 0.6 is 24.8 Å². The van der Waals surface area contributed by atoms with Gasteiger partial charge in [0, 0.05) is 32.7 Å². The number of anilines is 1. The number of halogens is 2. The average molecular weight is 361 g/mol. The molecule has 0 atom stereocenters. The Kier molecular flexibility index (Phi) is 6.61. The molecule has 1 aliphatic heterocycles. The van der Waals surface area contributed by atoms with Crippen LogP contribution in [0.4, 0.5) is 5.69 Å². The van der Waals surface area contributed by atoms with Crippen molar-refractivity contribution in [3.8, 4) is 0 Å². The lowest BCUT2D eigenvalue weighted by Gasteiger charge is -2.38. The highest BCUT2D eigenvalue weighted by molar-refractivity contribution is 5.98. The summed E-state index contributed by atoms with van der Waals surface area (Å²) in [5.74, 6) is 0.0562. The highest BCUT2D eigenvalue weighted by atomic mass is 35.5. The van der Waals surface area contributed by atoms with Crippen LogP contribution in [0.25, 0.3) is 0 Å². The molecule has 23 heavy (non-hydrogen) atoms. The second kappa shape index (κ2) is 7.81. The van der Waals surface area contributed by atoms with Crippen LogP contribution in [0.1, 0.15) is 12.8 Å². The van der Waals surface area contributed by atoms with Crippen molar-refractivity contribution < 1.29 is 4.79 Å². The third-order valence-electron chi connectivity index (χ3n) is 4.15. The second-order valence-electron chi connectivity index (χ2n) is 5.47. The summed E-state index contributed by atoms with van der Waals surface area (Å²) in [5, 5.41) is 11.8. The molecule has 0 unspecified atom stereocenters. The minimum atomic E-state index is -0.612. The van der Waals surface area contributed by atoms with E-state index in [-0.39, 0.29) is 30.7 Å². The standard InChI is InChI=1S/C14H20N6O.2ClH/c1-18-11-12(10-17-18)19(2)13(21)14(4-7-15-8-5-14)20-9-3-6-16-20;;/h3,6,9-11,15H,4-5,7-8H2,1-2H3;2*1H. The van der Waals surface area contributed by atoms with Crippen LogP contribution in [0.2, 0.25) is 0 Å². The zero-order chi connectivity index (χ0) is 14.9. The van der Waals surface area contributed by atoms with Crippen molar-refractivity contribution in [3.63, 3.8) is 0 Å². The van der Waals surface area contributed by atoms with Crippen LogP contribution in [-0.4, -0.2) is 45.6 Å². The predicted octanol–water partition coefficient (Wildman–Crippen LogP) is 1.20. The zero-order valence-electron chi connectivity index (χ0n) is 13.2. The van der Waals surface area contributed by atoms with E-state index in [0.717, 1.165) is 31.6 Å². The normalized spacial score (nSPS) is 16.1. The Morgan fingerprint density at radius 3 is 2.52 bits per heavy atom. The molecule has 3 heterocycles. The smallest absolute Gasteiger partial charge is 0.254 e. The largest absolute Gasteiger partial charge is 0.317 e. The van der Waals surface area contributed by atoms with Crippen LogP contribution in [0, 0.1) is 0 Å². The van der Waals surface area contributed by atoms with E-state index in [9.17, 15) is 4.79 Å². The molecule has 0 aromatic carbocycles. The van der Waals surface area contributed by atoms with Gasteiger partial charge in [-0.2, -0.15) is 10.2 Å². The van der Waals surface area contributed by atoms with Gasteiger partial charge in [-0.15, -0.1) is 24.8 Å². The molecule has 0 spiro atoms. The fourth-order valence-electron chi connectivity index (χ4n) is 2.91. The van der Waals surface area contributed by atoms with Gasteiger partial charge in [-0.1, -0.05) is 0 Å². The molecule has 3 rings (SSSR count). The van der Waals surface area contributed by atoms with Gasteiger partial charge in [-0.05, 0) is 32.0 Å². The molecule has 0 bridgehead atoms. The van der Waals surface area contributed by atoms with E-state index >= 15 is 0 Å². The number of amides is 1. The number of nitrogens with one attached hydrogen (secondary N) is 1. The Labute approximate surface area is 147 Å². The number of rotatable bonds is 3. The van der Waals surface area contributed by atoms with Gasteiger partial charge in [0.1, 0.15) is 5.54 Å². The third-order valence-corrected chi connectivity index (χ3v) is 4.15. The van der Waals surface area contributed by atoms with Crippen molar-refractivity contribution in [1.29, 1.82) is 0 Å². The molecule has 7 nitrogen and oxygen atoms in total. The van der Waals surface area contributed by atoms with Crippen molar-refractivity contribution in [2.45, 2.75) is 18.4 Å². The highest BCUT2D eigenvalue weighted by Crippen LogP contribution is 2.30.